The van der Waals surface area contributed by atoms with Gasteiger partial charge in [-0.3, -0.25) is 0 Å². The van der Waals surface area contributed by atoms with Gasteiger partial charge in [-0.05, 0) is 44.9 Å². The second kappa shape index (κ2) is 11.1. The Hall–Kier alpha value is -2.62. The molecule has 31 heavy (non-hydrogen) atoms. The third-order valence-corrected chi connectivity index (χ3v) is 4.88. The Labute approximate surface area is 178 Å². The lowest BCUT2D eigenvalue weighted by molar-refractivity contribution is -0.192. The molecule has 0 atom stereocenters. The lowest BCUT2D eigenvalue weighted by Gasteiger charge is -2.13. The first-order valence-electron chi connectivity index (χ1n) is 9.99. The molecular weight excluding hydrogens is 418 g/mol. The highest BCUT2D eigenvalue weighted by Crippen LogP contribution is 2.28. The first-order valence-corrected chi connectivity index (χ1v) is 9.99. The summed E-state index contributed by atoms with van der Waals surface area (Å²) in [6, 6.07) is 7.06. The maximum atomic E-state index is 13.9. The van der Waals surface area contributed by atoms with E-state index in [1.54, 1.807) is 6.07 Å². The van der Waals surface area contributed by atoms with Gasteiger partial charge in [-0.25, -0.2) is 13.9 Å². The molecule has 1 aromatic heterocycles. The first-order chi connectivity index (χ1) is 14.6. The summed E-state index contributed by atoms with van der Waals surface area (Å²) in [4.78, 5) is 8.90. The number of rotatable bonds is 7. The molecule has 0 amide bonds. The fourth-order valence-electron chi connectivity index (χ4n) is 3.37. The molecule has 1 aliphatic carbocycles. The van der Waals surface area contributed by atoms with Gasteiger partial charge in [0.1, 0.15) is 12.4 Å². The van der Waals surface area contributed by atoms with Gasteiger partial charge >= 0.3 is 12.1 Å². The minimum atomic E-state index is -5.08. The number of carboxylic acids is 1. The predicted octanol–water partition coefficient (Wildman–Crippen LogP) is 4.45. The Balaban J connectivity index is 0.000000423. The molecule has 1 fully saturated rings. The zero-order valence-electron chi connectivity index (χ0n) is 17.5. The zero-order valence-corrected chi connectivity index (χ0v) is 17.5. The van der Waals surface area contributed by atoms with E-state index in [-0.39, 0.29) is 12.4 Å². The molecule has 10 heteroatoms. The van der Waals surface area contributed by atoms with Crippen molar-refractivity contribution in [2.75, 3.05) is 7.05 Å². The van der Waals surface area contributed by atoms with Gasteiger partial charge in [-0.1, -0.05) is 24.5 Å². The smallest absolute Gasteiger partial charge is 0.475 e. The number of aliphatic carboxylic acids is 1. The molecule has 0 aliphatic heterocycles. The summed E-state index contributed by atoms with van der Waals surface area (Å²) in [6.07, 6.45) is 0.0420. The summed E-state index contributed by atoms with van der Waals surface area (Å²) in [5, 5.41) is 14.9. The summed E-state index contributed by atoms with van der Waals surface area (Å²) < 4.78 is 53.5. The van der Waals surface area contributed by atoms with Gasteiger partial charge in [0.2, 0.25) is 5.88 Å². The third-order valence-electron chi connectivity index (χ3n) is 4.88. The first kappa shape index (κ1) is 24.6. The summed E-state index contributed by atoms with van der Waals surface area (Å²) >= 11 is 0. The van der Waals surface area contributed by atoms with Gasteiger partial charge < -0.3 is 15.2 Å². The fraction of sp³-hybridized carbons (Fsp3) is 0.524. The van der Waals surface area contributed by atoms with Gasteiger partial charge in [0.15, 0.2) is 0 Å². The van der Waals surface area contributed by atoms with E-state index >= 15 is 0 Å². The Morgan fingerprint density at radius 1 is 1.29 bits per heavy atom. The van der Waals surface area contributed by atoms with Crippen molar-refractivity contribution in [3.8, 4) is 5.88 Å². The lowest BCUT2D eigenvalue weighted by Crippen LogP contribution is -2.21. The standard InChI is InChI=1S/C19H26FN3O.C2HF3O2/c1-14-7-8-18(20)16(9-14)13-24-19-10-17(11-21-2)22-23(19)12-15-5-3-4-6-15;3-2(4,5)1(6)7/h7-10,15,21H,3-6,11-13H2,1-2H3;(H,6,7). The van der Waals surface area contributed by atoms with Crippen LogP contribution in [0.2, 0.25) is 0 Å². The molecule has 1 saturated carbocycles. The van der Waals surface area contributed by atoms with Crippen LogP contribution in [0.25, 0.3) is 0 Å². The van der Waals surface area contributed by atoms with Crippen molar-refractivity contribution in [2.45, 2.75) is 58.5 Å². The molecule has 1 aliphatic rings. The number of carbonyl (C=O) groups is 1. The van der Waals surface area contributed by atoms with Crippen molar-refractivity contribution in [3.05, 3.63) is 46.9 Å². The number of halogens is 4. The highest BCUT2D eigenvalue weighted by molar-refractivity contribution is 5.73. The summed E-state index contributed by atoms with van der Waals surface area (Å²) in [7, 11) is 1.90. The number of ether oxygens (including phenoxy) is 1. The normalized spacial score (nSPS) is 14.3. The van der Waals surface area contributed by atoms with Crippen molar-refractivity contribution in [1.29, 1.82) is 0 Å². The Morgan fingerprint density at radius 3 is 2.52 bits per heavy atom. The number of benzene rings is 1. The van der Waals surface area contributed by atoms with E-state index in [1.165, 1.54) is 31.7 Å². The third kappa shape index (κ3) is 7.86. The van der Waals surface area contributed by atoms with Crippen LogP contribution in [0.15, 0.2) is 24.3 Å². The van der Waals surface area contributed by atoms with Crippen LogP contribution in [0.3, 0.4) is 0 Å². The van der Waals surface area contributed by atoms with Crippen LogP contribution in [-0.2, 0) is 24.5 Å². The number of carboxylic acid groups (broad SMARTS) is 1. The summed E-state index contributed by atoms with van der Waals surface area (Å²) in [5.41, 5.74) is 2.57. The molecule has 1 heterocycles. The molecule has 2 N–H and O–H groups in total. The van der Waals surface area contributed by atoms with Crippen LogP contribution in [0.4, 0.5) is 17.6 Å². The maximum absolute atomic E-state index is 13.9. The number of nitrogens with one attached hydrogen (secondary N) is 1. The van der Waals surface area contributed by atoms with Crippen LogP contribution in [-0.4, -0.2) is 34.1 Å². The molecule has 3 rings (SSSR count). The number of alkyl halides is 3. The second-order valence-electron chi connectivity index (χ2n) is 7.52. The van der Waals surface area contributed by atoms with Gasteiger partial charge in [0.05, 0.1) is 5.69 Å². The van der Waals surface area contributed by atoms with E-state index in [0.717, 1.165) is 23.7 Å². The Kier molecular flexibility index (Phi) is 8.85. The number of hydrogen-bond acceptors (Lipinski definition) is 4. The summed E-state index contributed by atoms with van der Waals surface area (Å²) in [6.45, 7) is 3.77. The zero-order chi connectivity index (χ0) is 23.0. The quantitative estimate of drug-likeness (QED) is 0.616. The van der Waals surface area contributed by atoms with Crippen LogP contribution in [0.1, 0.15) is 42.5 Å². The molecule has 2 aromatic rings. The van der Waals surface area contributed by atoms with E-state index in [1.807, 2.05) is 30.8 Å². The Bertz CT molecular complexity index is 862. The molecule has 0 bridgehead atoms. The maximum Gasteiger partial charge on any atom is 0.490 e. The van der Waals surface area contributed by atoms with Gasteiger partial charge in [-0.2, -0.15) is 18.3 Å². The van der Waals surface area contributed by atoms with E-state index in [0.29, 0.717) is 18.0 Å². The highest BCUT2D eigenvalue weighted by Gasteiger charge is 2.38. The van der Waals surface area contributed by atoms with Crippen molar-refractivity contribution in [2.24, 2.45) is 5.92 Å². The average Bonchev–Trinajstić information content (AvgIpc) is 3.33. The lowest BCUT2D eigenvalue weighted by atomic mass is 10.1. The summed E-state index contributed by atoms with van der Waals surface area (Å²) in [5.74, 6) is -1.58. The molecule has 0 unspecified atom stereocenters. The van der Waals surface area contributed by atoms with E-state index in [4.69, 9.17) is 14.6 Å². The molecule has 172 valence electrons. The molecule has 0 spiro atoms. The van der Waals surface area contributed by atoms with Crippen LogP contribution < -0.4 is 10.1 Å². The number of aromatic nitrogens is 2. The van der Waals surface area contributed by atoms with Crippen LogP contribution in [0.5, 0.6) is 5.88 Å². The predicted molar refractivity (Wildman–Crippen MR) is 106 cm³/mol. The minimum absolute atomic E-state index is 0.224. The minimum Gasteiger partial charge on any atom is -0.475 e. The molecule has 0 radical (unpaired) electrons. The number of hydrogen-bond donors (Lipinski definition) is 2. The average molecular weight is 445 g/mol. The van der Waals surface area contributed by atoms with Gasteiger partial charge in [-0.15, -0.1) is 0 Å². The molecule has 6 nitrogen and oxygen atoms in total. The highest BCUT2D eigenvalue weighted by atomic mass is 19.4. The molecule has 1 aromatic carbocycles. The monoisotopic (exact) mass is 445 g/mol. The molecule has 0 saturated heterocycles. The van der Waals surface area contributed by atoms with E-state index in [2.05, 4.69) is 10.4 Å². The van der Waals surface area contributed by atoms with Crippen LogP contribution >= 0.6 is 0 Å². The van der Waals surface area contributed by atoms with Crippen molar-refractivity contribution >= 4 is 5.97 Å². The largest absolute Gasteiger partial charge is 0.490 e. The second-order valence-corrected chi connectivity index (χ2v) is 7.52. The topological polar surface area (TPSA) is 76.4 Å². The van der Waals surface area contributed by atoms with Gasteiger partial charge in [0.25, 0.3) is 0 Å². The number of nitrogens with zero attached hydrogens (tertiary/aromatic N) is 2. The van der Waals surface area contributed by atoms with Crippen molar-refractivity contribution in [3.63, 3.8) is 0 Å². The van der Waals surface area contributed by atoms with Gasteiger partial charge in [0, 0.05) is 24.7 Å². The molecular formula is C21H27F4N3O3. The van der Waals surface area contributed by atoms with Crippen molar-refractivity contribution < 1.29 is 32.2 Å². The van der Waals surface area contributed by atoms with Crippen molar-refractivity contribution in [1.82, 2.24) is 15.1 Å². The Morgan fingerprint density at radius 2 is 1.94 bits per heavy atom. The number of aryl methyl sites for hydroxylation is 1. The fourth-order valence-corrected chi connectivity index (χ4v) is 3.37. The SMILES string of the molecule is CNCc1cc(OCc2cc(C)ccc2F)n(CC2CCCC2)n1.O=C(O)C(F)(F)F. The van der Waals surface area contributed by atoms with E-state index < -0.39 is 12.1 Å². The van der Waals surface area contributed by atoms with E-state index in [9.17, 15) is 17.6 Å². The van der Waals surface area contributed by atoms with Crippen LogP contribution in [0, 0.1) is 18.7 Å².